The Labute approximate surface area is 106 Å². The van der Waals surface area contributed by atoms with Crippen molar-refractivity contribution in [3.63, 3.8) is 0 Å². The molecule has 0 aromatic heterocycles. The van der Waals surface area contributed by atoms with Crippen LogP contribution in [-0.2, 0) is 14.3 Å². The highest BCUT2D eigenvalue weighted by molar-refractivity contribution is 6.02. The third kappa shape index (κ3) is 1.77. The van der Waals surface area contributed by atoms with E-state index < -0.39 is 12.2 Å². The van der Waals surface area contributed by atoms with E-state index >= 15 is 0 Å². The van der Waals surface area contributed by atoms with Gasteiger partial charge in [0, 0.05) is 12.0 Å². The van der Waals surface area contributed by atoms with Crippen molar-refractivity contribution < 1.29 is 19.4 Å². The van der Waals surface area contributed by atoms with Gasteiger partial charge in [0.05, 0.1) is 6.61 Å². The molecule has 1 N–H and O–H groups in total. The fourth-order valence-electron chi connectivity index (χ4n) is 3.44. The van der Waals surface area contributed by atoms with Crippen molar-refractivity contribution in [3.05, 3.63) is 0 Å². The van der Waals surface area contributed by atoms with Gasteiger partial charge in [0.15, 0.2) is 0 Å². The summed E-state index contributed by atoms with van der Waals surface area (Å²) in [6, 6.07) is 0. The van der Waals surface area contributed by atoms with Gasteiger partial charge in [-0.05, 0) is 25.7 Å². The molecule has 1 saturated carbocycles. The first kappa shape index (κ1) is 12.1. The highest BCUT2D eigenvalue weighted by Crippen LogP contribution is 2.40. The molecule has 5 heteroatoms. The third-order valence-electron chi connectivity index (χ3n) is 4.60. The fourth-order valence-corrected chi connectivity index (χ4v) is 3.44. The number of aliphatic hydroxyl groups excluding tert-OH is 1. The molecule has 0 radical (unpaired) electrons. The van der Waals surface area contributed by atoms with Crippen molar-refractivity contribution in [3.8, 4) is 0 Å². The smallest absolute Gasteiger partial charge is 0.258 e. The van der Waals surface area contributed by atoms with Gasteiger partial charge in [-0.2, -0.15) is 0 Å². The molecule has 3 aliphatic rings. The van der Waals surface area contributed by atoms with Gasteiger partial charge in [-0.3, -0.25) is 14.5 Å². The van der Waals surface area contributed by atoms with Crippen LogP contribution >= 0.6 is 0 Å². The molecule has 2 aliphatic heterocycles. The molecule has 2 amide bonds. The number of carbonyl (C=O) groups excluding carboxylic acids is 2. The number of aliphatic hydroxyl groups is 1. The molecule has 18 heavy (non-hydrogen) atoms. The molecule has 0 aromatic rings. The van der Waals surface area contributed by atoms with Gasteiger partial charge in [0.2, 0.25) is 0 Å². The summed E-state index contributed by atoms with van der Waals surface area (Å²) in [6.45, 7) is 0.428. The largest absolute Gasteiger partial charge is 0.396 e. The van der Waals surface area contributed by atoms with Gasteiger partial charge >= 0.3 is 0 Å². The fraction of sp³-hybridized carbons (Fsp3) is 0.846. The average Bonchev–Trinajstić information content (AvgIpc) is 3.01. The maximum atomic E-state index is 12.1. The average molecular weight is 253 g/mol. The van der Waals surface area contributed by atoms with Crippen molar-refractivity contribution in [2.45, 2.75) is 50.7 Å². The summed E-state index contributed by atoms with van der Waals surface area (Å²) in [5.41, 5.74) is -0.262. The van der Waals surface area contributed by atoms with E-state index in [0.717, 1.165) is 25.7 Å². The summed E-state index contributed by atoms with van der Waals surface area (Å²) in [6.07, 6.45) is 4.39. The third-order valence-corrected chi connectivity index (χ3v) is 4.60. The lowest BCUT2D eigenvalue weighted by Crippen LogP contribution is -2.55. The van der Waals surface area contributed by atoms with Crippen LogP contribution in [-0.4, -0.2) is 47.2 Å². The van der Waals surface area contributed by atoms with E-state index in [9.17, 15) is 14.7 Å². The first-order chi connectivity index (χ1) is 8.65. The number of likely N-dealkylation sites (tertiary alicyclic amines) is 1. The predicted octanol–water partition coefficient (Wildman–Crippen LogP) is 0.455. The van der Waals surface area contributed by atoms with E-state index in [2.05, 4.69) is 0 Å². The number of morpholine rings is 1. The van der Waals surface area contributed by atoms with E-state index in [4.69, 9.17) is 4.74 Å². The second-order valence-corrected chi connectivity index (χ2v) is 5.82. The van der Waals surface area contributed by atoms with Gasteiger partial charge in [-0.25, -0.2) is 0 Å². The van der Waals surface area contributed by atoms with Crippen LogP contribution in [0.2, 0.25) is 0 Å². The van der Waals surface area contributed by atoms with Crippen molar-refractivity contribution in [2.75, 3.05) is 13.2 Å². The number of fused-ring (bicyclic) bond motifs is 2. The highest BCUT2D eigenvalue weighted by atomic mass is 16.5. The summed E-state index contributed by atoms with van der Waals surface area (Å²) >= 11 is 0. The maximum absolute atomic E-state index is 12.1. The SMILES string of the molecule is O=C1C2CCC(O2)C(=O)N1CC1(CO)CCCC1. The summed E-state index contributed by atoms with van der Waals surface area (Å²) in [5, 5.41) is 9.59. The molecule has 0 spiro atoms. The minimum Gasteiger partial charge on any atom is -0.396 e. The Hall–Kier alpha value is -0.940. The zero-order valence-corrected chi connectivity index (χ0v) is 10.4. The molecule has 2 saturated heterocycles. The molecule has 1 aliphatic carbocycles. The van der Waals surface area contributed by atoms with Gasteiger partial charge in [-0.1, -0.05) is 12.8 Å². The minimum atomic E-state index is -0.426. The number of hydrogen-bond acceptors (Lipinski definition) is 4. The molecule has 0 aromatic carbocycles. The topological polar surface area (TPSA) is 66.8 Å². The second-order valence-electron chi connectivity index (χ2n) is 5.82. The van der Waals surface area contributed by atoms with Crippen LogP contribution in [0, 0.1) is 5.41 Å². The number of ether oxygens (including phenoxy) is 1. The maximum Gasteiger partial charge on any atom is 0.258 e. The van der Waals surface area contributed by atoms with Crippen LogP contribution in [0.3, 0.4) is 0 Å². The van der Waals surface area contributed by atoms with Crippen LogP contribution in [0.5, 0.6) is 0 Å². The zero-order valence-electron chi connectivity index (χ0n) is 10.4. The summed E-state index contributed by atoms with van der Waals surface area (Å²) < 4.78 is 5.38. The van der Waals surface area contributed by atoms with Gasteiger partial charge < -0.3 is 9.84 Å². The van der Waals surface area contributed by atoms with Crippen molar-refractivity contribution >= 4 is 11.8 Å². The molecule has 5 nitrogen and oxygen atoms in total. The summed E-state index contributed by atoms with van der Waals surface area (Å²) in [7, 11) is 0. The molecule has 3 fully saturated rings. The Bertz CT molecular complexity index is 353. The zero-order chi connectivity index (χ0) is 12.8. The number of amides is 2. The lowest BCUT2D eigenvalue weighted by molar-refractivity contribution is -0.170. The molecule has 2 bridgehead atoms. The molecule has 100 valence electrons. The number of hydrogen-bond donors (Lipinski definition) is 1. The molecule has 2 heterocycles. The van der Waals surface area contributed by atoms with Gasteiger partial charge in [0.25, 0.3) is 11.8 Å². The Kier molecular flexibility index (Phi) is 2.90. The Balaban J connectivity index is 1.79. The lowest BCUT2D eigenvalue weighted by atomic mass is 9.86. The van der Waals surface area contributed by atoms with E-state index in [1.807, 2.05) is 0 Å². The van der Waals surface area contributed by atoms with E-state index in [1.54, 1.807) is 0 Å². The van der Waals surface area contributed by atoms with Crippen LogP contribution in [0.1, 0.15) is 38.5 Å². The Morgan fingerprint density at radius 1 is 1.17 bits per heavy atom. The van der Waals surface area contributed by atoms with Crippen LogP contribution < -0.4 is 0 Å². The minimum absolute atomic E-state index is 0.0558. The standard InChI is InChI=1S/C13H19NO4/c15-8-13(5-1-2-6-13)7-14-11(16)9-3-4-10(18-9)12(14)17/h9-10,15H,1-8H2. The van der Waals surface area contributed by atoms with Crippen molar-refractivity contribution in [2.24, 2.45) is 5.41 Å². The van der Waals surface area contributed by atoms with Gasteiger partial charge in [-0.15, -0.1) is 0 Å². The second kappa shape index (κ2) is 4.31. The normalized spacial score (nSPS) is 34.4. The van der Waals surface area contributed by atoms with Crippen molar-refractivity contribution in [1.29, 1.82) is 0 Å². The summed E-state index contributed by atoms with van der Waals surface area (Å²) in [5.74, 6) is -0.401. The highest BCUT2D eigenvalue weighted by Gasteiger charge is 2.49. The Morgan fingerprint density at radius 2 is 1.72 bits per heavy atom. The Morgan fingerprint density at radius 3 is 2.22 bits per heavy atom. The number of carbonyl (C=O) groups is 2. The molecule has 2 atom stereocenters. The predicted molar refractivity (Wildman–Crippen MR) is 62.6 cm³/mol. The van der Waals surface area contributed by atoms with Crippen LogP contribution in [0.4, 0.5) is 0 Å². The van der Waals surface area contributed by atoms with E-state index in [-0.39, 0.29) is 23.8 Å². The lowest BCUT2D eigenvalue weighted by Gasteiger charge is -2.36. The quantitative estimate of drug-likeness (QED) is 0.742. The molecule has 2 unspecified atom stereocenters. The monoisotopic (exact) mass is 253 g/mol. The number of rotatable bonds is 3. The molecular weight excluding hydrogens is 234 g/mol. The van der Waals surface area contributed by atoms with E-state index in [1.165, 1.54) is 4.90 Å². The van der Waals surface area contributed by atoms with E-state index in [0.29, 0.717) is 19.4 Å². The van der Waals surface area contributed by atoms with Gasteiger partial charge in [0.1, 0.15) is 12.2 Å². The summed E-state index contributed by atoms with van der Waals surface area (Å²) in [4.78, 5) is 25.6. The molecule has 3 rings (SSSR count). The first-order valence-corrected chi connectivity index (χ1v) is 6.77. The molecular formula is C13H19NO4. The first-order valence-electron chi connectivity index (χ1n) is 6.77. The van der Waals surface area contributed by atoms with Crippen LogP contribution in [0.15, 0.2) is 0 Å². The number of nitrogens with zero attached hydrogens (tertiary/aromatic N) is 1. The van der Waals surface area contributed by atoms with Crippen molar-refractivity contribution in [1.82, 2.24) is 4.90 Å². The van der Waals surface area contributed by atoms with Crippen LogP contribution in [0.25, 0.3) is 0 Å². The number of imide groups is 1.